The molecule has 1 heterocycles. The van der Waals surface area contributed by atoms with E-state index in [9.17, 15) is 64.9 Å². The standard InChI is InChI=1S/C64H95N9O14S2/c1-9-10-11-12-13-14-15-16-17-18-19-20-21-22-28-45(74)38-67-41(6)59(77)68-42(7)60(78)69-43(8)64(82)73-34-26-32-50(73)61(79)71-56(40(4)5)63(81)72-55(39(2)3)62(80)66-33-35-88(83,84)46-29-25-27-44(36-46)70-49-37-51(89(85,86)87)54(65)53-52(49)57(75)47-30-23-24-31-48(47)58(53)76/h23-25,27,29-31,36-37,39-43,45,50,55-56,67,70,74H,9-22,26,28,32-35,38,65H2,1-8H3,(H,66,80)(H,68,77)(H,69,78)(H,71,79)(H,72,81)(H,85,86,87). The maximum absolute atomic E-state index is 13.9. The number of nitrogens with one attached hydrogen (secondary N) is 7. The zero-order valence-electron chi connectivity index (χ0n) is 52.9. The summed E-state index contributed by atoms with van der Waals surface area (Å²) in [5, 5.41) is 29.7. The van der Waals surface area contributed by atoms with Gasteiger partial charge in [-0.1, -0.05) is 155 Å². The van der Waals surface area contributed by atoms with Gasteiger partial charge in [-0.3, -0.25) is 42.9 Å². The number of hydrogen-bond acceptors (Lipinski definition) is 16. The van der Waals surface area contributed by atoms with Crippen LogP contribution in [0.2, 0.25) is 0 Å². The number of carbonyl (C=O) groups is 8. The van der Waals surface area contributed by atoms with Crippen molar-refractivity contribution in [1.82, 2.24) is 36.8 Å². The first-order chi connectivity index (χ1) is 42.1. The highest BCUT2D eigenvalue weighted by molar-refractivity contribution is 7.91. The van der Waals surface area contributed by atoms with Crippen molar-refractivity contribution in [3.8, 4) is 0 Å². The zero-order valence-corrected chi connectivity index (χ0v) is 54.5. The number of likely N-dealkylation sites (tertiary alicyclic amines) is 1. The Morgan fingerprint density at radius 1 is 0.640 bits per heavy atom. The van der Waals surface area contributed by atoms with Crippen LogP contribution in [0.4, 0.5) is 17.1 Å². The van der Waals surface area contributed by atoms with Crippen LogP contribution in [-0.4, -0.2) is 146 Å². The first-order valence-electron chi connectivity index (χ1n) is 31.5. The molecule has 0 radical (unpaired) electrons. The molecular formula is C64H95N9O14S2. The lowest BCUT2D eigenvalue weighted by molar-refractivity contribution is -0.142. The van der Waals surface area contributed by atoms with Gasteiger partial charge in [0.15, 0.2) is 21.4 Å². The highest BCUT2D eigenvalue weighted by Crippen LogP contribution is 2.40. The minimum absolute atomic E-state index is 0.0159. The molecule has 23 nitrogen and oxygen atoms in total. The van der Waals surface area contributed by atoms with Crippen LogP contribution in [-0.2, 0) is 48.7 Å². The van der Waals surface area contributed by atoms with E-state index in [4.69, 9.17) is 5.73 Å². The van der Waals surface area contributed by atoms with Crippen molar-refractivity contribution in [2.75, 3.05) is 36.4 Å². The van der Waals surface area contributed by atoms with Gasteiger partial charge in [0.25, 0.3) is 10.1 Å². The Morgan fingerprint density at radius 3 is 1.75 bits per heavy atom. The lowest BCUT2D eigenvalue weighted by Gasteiger charge is -2.31. The Bertz CT molecular complexity index is 3210. The third-order valence-electron chi connectivity index (χ3n) is 16.4. The molecule has 0 bridgehead atoms. The minimum atomic E-state index is -5.04. The van der Waals surface area contributed by atoms with Gasteiger partial charge in [0.05, 0.1) is 45.3 Å². The lowest BCUT2D eigenvalue weighted by atomic mass is 9.82. The van der Waals surface area contributed by atoms with Gasteiger partial charge in [-0.25, -0.2) is 8.42 Å². The van der Waals surface area contributed by atoms with E-state index in [2.05, 4.69) is 44.1 Å². The first kappa shape index (κ1) is 72.9. The van der Waals surface area contributed by atoms with Gasteiger partial charge in [-0.05, 0) is 76.1 Å². The molecule has 0 saturated carbocycles. The number of rotatable bonds is 37. The Labute approximate surface area is 525 Å². The molecule has 7 unspecified atom stereocenters. The molecule has 1 aliphatic carbocycles. The number of carbonyl (C=O) groups excluding carboxylic acids is 8. The van der Waals surface area contributed by atoms with Crippen LogP contribution in [0.3, 0.4) is 0 Å². The van der Waals surface area contributed by atoms with Crippen molar-refractivity contribution < 1.29 is 64.9 Å². The molecule has 1 saturated heterocycles. The van der Waals surface area contributed by atoms with E-state index in [0.717, 1.165) is 25.3 Å². The van der Waals surface area contributed by atoms with Crippen LogP contribution >= 0.6 is 0 Å². The highest BCUT2D eigenvalue weighted by Gasteiger charge is 2.40. The number of fused-ring (bicyclic) bond motifs is 2. The molecule has 3 aromatic carbocycles. The molecule has 492 valence electrons. The highest BCUT2D eigenvalue weighted by atomic mass is 32.2. The second kappa shape index (κ2) is 34.4. The van der Waals surface area contributed by atoms with Gasteiger partial charge in [0.1, 0.15) is 35.1 Å². The molecule has 11 N–H and O–H groups in total. The molecule has 1 fully saturated rings. The van der Waals surface area contributed by atoms with Crippen molar-refractivity contribution >= 4 is 84.0 Å². The third kappa shape index (κ3) is 20.9. The molecule has 89 heavy (non-hydrogen) atoms. The largest absolute Gasteiger partial charge is 0.397 e. The summed E-state index contributed by atoms with van der Waals surface area (Å²) in [5.41, 5.74) is 4.46. The number of ketones is 2. The Hall–Kier alpha value is -6.80. The first-order valence-corrected chi connectivity index (χ1v) is 34.6. The molecule has 5 rings (SSSR count). The topological polar surface area (TPSA) is 359 Å². The molecule has 3 aromatic rings. The monoisotopic (exact) mass is 1280 g/mol. The summed E-state index contributed by atoms with van der Waals surface area (Å²) in [7, 11) is -9.23. The fraction of sp³-hybridized carbons (Fsp3) is 0.594. The van der Waals surface area contributed by atoms with E-state index in [1.54, 1.807) is 34.6 Å². The number of hydrogen-bond donors (Lipinski definition) is 10. The Morgan fingerprint density at radius 2 is 1.18 bits per heavy atom. The number of sulfone groups is 1. The second-order valence-electron chi connectivity index (χ2n) is 24.3. The van der Waals surface area contributed by atoms with Gasteiger partial charge in [0, 0.05) is 36.4 Å². The average Bonchev–Trinajstić information content (AvgIpc) is 1.49. The number of amides is 6. The van der Waals surface area contributed by atoms with Crippen LogP contribution in [0, 0.1) is 11.8 Å². The smallest absolute Gasteiger partial charge is 0.296 e. The predicted molar refractivity (Wildman–Crippen MR) is 341 cm³/mol. The van der Waals surface area contributed by atoms with Crippen LogP contribution in [0.5, 0.6) is 0 Å². The molecule has 7 atom stereocenters. The summed E-state index contributed by atoms with van der Waals surface area (Å²) in [6.07, 6.45) is 18.1. The number of nitrogens with zero attached hydrogens (tertiary/aromatic N) is 1. The number of benzene rings is 3. The SMILES string of the molecule is CCCCCCCCCCCCCCCCC(O)CNC(C)C(=O)NC(C)C(=O)NC(C)C(=O)N1CCCC1C(=O)NC(C(=O)NC(C(=O)NCCS(=O)(=O)c1cccc(Nc2cc(S(=O)(=O)O)c(N)c3c2C(=O)c2ccccc2C3=O)c1)C(C)C)C(C)C. The quantitative estimate of drug-likeness (QED) is 0.0132. The summed E-state index contributed by atoms with van der Waals surface area (Å²) in [6.45, 7) is 13.5. The van der Waals surface area contributed by atoms with Crippen molar-refractivity contribution in [2.45, 2.75) is 217 Å². The Balaban J connectivity index is 1.07. The van der Waals surface area contributed by atoms with E-state index in [1.165, 1.54) is 138 Å². The molecule has 6 amide bonds. The van der Waals surface area contributed by atoms with Crippen molar-refractivity contribution in [3.05, 3.63) is 76.9 Å². The summed E-state index contributed by atoms with van der Waals surface area (Å²) < 4.78 is 62.4. The van der Waals surface area contributed by atoms with Gasteiger partial charge < -0.3 is 53.0 Å². The maximum Gasteiger partial charge on any atom is 0.296 e. The second-order valence-corrected chi connectivity index (χ2v) is 27.8. The van der Waals surface area contributed by atoms with Gasteiger partial charge in [0.2, 0.25) is 35.4 Å². The zero-order chi connectivity index (χ0) is 65.8. The number of aliphatic hydroxyl groups excluding tert-OH is 1. The van der Waals surface area contributed by atoms with E-state index >= 15 is 0 Å². The Kier molecular flexibility index (Phi) is 28.2. The molecule has 2 aliphatic rings. The minimum Gasteiger partial charge on any atom is -0.397 e. The van der Waals surface area contributed by atoms with E-state index in [0.29, 0.717) is 12.8 Å². The molecule has 0 aromatic heterocycles. The lowest BCUT2D eigenvalue weighted by Crippen LogP contribution is -2.60. The number of aliphatic hydroxyl groups is 1. The maximum atomic E-state index is 13.9. The van der Waals surface area contributed by atoms with Crippen molar-refractivity contribution in [2.24, 2.45) is 11.8 Å². The summed E-state index contributed by atoms with van der Waals surface area (Å²) in [4.78, 5) is 109. The van der Waals surface area contributed by atoms with Crippen LogP contribution < -0.4 is 43.0 Å². The van der Waals surface area contributed by atoms with E-state index < -0.39 is 150 Å². The van der Waals surface area contributed by atoms with Gasteiger partial charge >= 0.3 is 0 Å². The summed E-state index contributed by atoms with van der Waals surface area (Å²) >= 11 is 0. The van der Waals surface area contributed by atoms with Crippen molar-refractivity contribution in [1.29, 1.82) is 0 Å². The van der Waals surface area contributed by atoms with Crippen LogP contribution in [0.25, 0.3) is 0 Å². The predicted octanol–water partition coefficient (Wildman–Crippen LogP) is 6.42. The normalized spacial score (nSPS) is 16.1. The number of unbranched alkanes of at least 4 members (excludes halogenated alkanes) is 13. The molecular weight excluding hydrogens is 1180 g/mol. The number of nitrogens with two attached hydrogens (primary N) is 1. The van der Waals surface area contributed by atoms with Gasteiger partial charge in [-0.2, -0.15) is 8.42 Å². The molecule has 0 spiro atoms. The fourth-order valence-electron chi connectivity index (χ4n) is 11.1. The van der Waals surface area contributed by atoms with E-state index in [1.807, 2.05) is 0 Å². The summed E-state index contributed by atoms with van der Waals surface area (Å²) in [5.74, 6) is -6.83. The molecule has 25 heteroatoms. The number of anilines is 3. The fourth-order valence-corrected chi connectivity index (χ4v) is 12.9. The average molecular weight is 1280 g/mol. The third-order valence-corrected chi connectivity index (χ3v) is 19.0. The van der Waals surface area contributed by atoms with Gasteiger partial charge in [-0.15, -0.1) is 0 Å². The van der Waals surface area contributed by atoms with Crippen molar-refractivity contribution in [3.63, 3.8) is 0 Å². The van der Waals surface area contributed by atoms with Crippen LogP contribution in [0.15, 0.2) is 64.4 Å². The van der Waals surface area contributed by atoms with E-state index in [-0.39, 0.29) is 52.5 Å². The molecule has 1 aliphatic heterocycles. The summed E-state index contributed by atoms with van der Waals surface area (Å²) in [6, 6.07) is 5.72. The number of nitrogen functional groups attached to an aromatic ring is 1. The van der Waals surface area contributed by atoms with Crippen LogP contribution in [0.1, 0.15) is 196 Å².